The summed E-state index contributed by atoms with van der Waals surface area (Å²) >= 11 is 2.64. The molecule has 2 heterocycles. The fraction of sp³-hybridized carbons (Fsp3) is 0.440. The van der Waals surface area contributed by atoms with Crippen molar-refractivity contribution in [1.29, 1.82) is 0 Å². The first-order valence-electron chi connectivity index (χ1n) is 11.6. The fourth-order valence-corrected chi connectivity index (χ4v) is 5.18. The molecule has 1 atom stereocenters. The SMILES string of the molecule is CCOC(=O)c1cc(C)sc1NC(=O)CSc1nnc(C(C)Oc2ccc(C(C)C)cc2)n1CC. The van der Waals surface area contributed by atoms with Crippen LogP contribution >= 0.6 is 23.1 Å². The second kappa shape index (κ2) is 12.2. The minimum atomic E-state index is -0.442. The lowest BCUT2D eigenvalue weighted by Gasteiger charge is -2.16. The first-order chi connectivity index (χ1) is 16.7. The molecule has 3 rings (SSSR count). The summed E-state index contributed by atoms with van der Waals surface area (Å²) in [5.74, 6) is 1.38. The number of aryl methyl sites for hydroxylation is 1. The molecule has 3 aromatic rings. The molecule has 0 aliphatic carbocycles. The van der Waals surface area contributed by atoms with E-state index in [9.17, 15) is 9.59 Å². The molecular weight excluding hydrogens is 484 g/mol. The maximum atomic E-state index is 12.6. The van der Waals surface area contributed by atoms with Crippen LogP contribution in [0.4, 0.5) is 5.00 Å². The van der Waals surface area contributed by atoms with E-state index in [0.29, 0.717) is 34.0 Å². The number of benzene rings is 1. The van der Waals surface area contributed by atoms with E-state index in [2.05, 4.69) is 41.5 Å². The van der Waals surface area contributed by atoms with Gasteiger partial charge in [-0.15, -0.1) is 21.5 Å². The van der Waals surface area contributed by atoms with Gasteiger partial charge in [-0.05, 0) is 57.4 Å². The van der Waals surface area contributed by atoms with Crippen LogP contribution in [0.1, 0.15) is 73.3 Å². The summed E-state index contributed by atoms with van der Waals surface area (Å²) in [6.45, 7) is 12.8. The maximum Gasteiger partial charge on any atom is 0.341 e. The normalized spacial score (nSPS) is 12.0. The molecule has 35 heavy (non-hydrogen) atoms. The highest BCUT2D eigenvalue weighted by Gasteiger charge is 2.21. The van der Waals surface area contributed by atoms with Gasteiger partial charge in [-0.2, -0.15) is 0 Å². The molecule has 0 saturated heterocycles. The number of rotatable bonds is 11. The summed E-state index contributed by atoms with van der Waals surface area (Å²) < 4.78 is 13.1. The monoisotopic (exact) mass is 516 g/mol. The highest BCUT2D eigenvalue weighted by atomic mass is 32.2. The summed E-state index contributed by atoms with van der Waals surface area (Å²) in [5, 5.41) is 12.6. The summed E-state index contributed by atoms with van der Waals surface area (Å²) in [4.78, 5) is 25.7. The fourth-order valence-electron chi connectivity index (χ4n) is 3.45. The van der Waals surface area contributed by atoms with Crippen LogP contribution in [0.15, 0.2) is 35.5 Å². The molecule has 0 bridgehead atoms. The average Bonchev–Trinajstić information content (AvgIpc) is 3.40. The summed E-state index contributed by atoms with van der Waals surface area (Å²) in [5.41, 5.74) is 1.63. The van der Waals surface area contributed by atoms with Gasteiger partial charge >= 0.3 is 5.97 Å². The van der Waals surface area contributed by atoms with Crippen LogP contribution in [0.3, 0.4) is 0 Å². The lowest BCUT2D eigenvalue weighted by molar-refractivity contribution is -0.113. The van der Waals surface area contributed by atoms with E-state index in [1.165, 1.54) is 28.7 Å². The molecule has 0 spiro atoms. The Morgan fingerprint density at radius 1 is 1.14 bits per heavy atom. The lowest BCUT2D eigenvalue weighted by Crippen LogP contribution is -2.16. The van der Waals surface area contributed by atoms with Gasteiger partial charge in [0.25, 0.3) is 0 Å². The number of thiophene rings is 1. The van der Waals surface area contributed by atoms with Gasteiger partial charge in [0.1, 0.15) is 10.8 Å². The van der Waals surface area contributed by atoms with E-state index in [1.54, 1.807) is 13.0 Å². The zero-order chi connectivity index (χ0) is 25.5. The number of hydrogen-bond acceptors (Lipinski definition) is 8. The Bertz CT molecular complexity index is 1150. The number of carbonyl (C=O) groups excluding carboxylic acids is 2. The van der Waals surface area contributed by atoms with Gasteiger partial charge in [0.2, 0.25) is 5.91 Å². The molecule has 0 aliphatic rings. The molecule has 1 aromatic carbocycles. The van der Waals surface area contributed by atoms with Crippen LogP contribution in [0.25, 0.3) is 0 Å². The van der Waals surface area contributed by atoms with Crippen LogP contribution in [0.5, 0.6) is 5.75 Å². The van der Waals surface area contributed by atoms with Crippen molar-refractivity contribution in [2.75, 3.05) is 17.7 Å². The Balaban J connectivity index is 1.63. The third-order valence-corrected chi connectivity index (χ3v) is 7.15. The van der Waals surface area contributed by atoms with Gasteiger partial charge in [0.05, 0.1) is 17.9 Å². The van der Waals surface area contributed by atoms with Crippen LogP contribution in [-0.4, -0.2) is 39.0 Å². The summed E-state index contributed by atoms with van der Waals surface area (Å²) in [6, 6.07) is 9.80. The molecule has 0 fully saturated rings. The minimum Gasteiger partial charge on any atom is -0.483 e. The molecule has 0 saturated carbocycles. The lowest BCUT2D eigenvalue weighted by atomic mass is 10.0. The third kappa shape index (κ3) is 6.85. The Kier molecular flexibility index (Phi) is 9.33. The van der Waals surface area contributed by atoms with Crippen molar-refractivity contribution in [2.24, 2.45) is 0 Å². The number of carbonyl (C=O) groups is 2. The van der Waals surface area contributed by atoms with Crippen molar-refractivity contribution in [3.05, 3.63) is 52.2 Å². The molecule has 8 nitrogen and oxygen atoms in total. The number of amides is 1. The van der Waals surface area contributed by atoms with Crippen molar-refractivity contribution in [3.63, 3.8) is 0 Å². The van der Waals surface area contributed by atoms with Gasteiger partial charge in [-0.25, -0.2) is 4.79 Å². The Morgan fingerprint density at radius 2 is 1.86 bits per heavy atom. The highest BCUT2D eigenvalue weighted by Crippen LogP contribution is 2.29. The van der Waals surface area contributed by atoms with Gasteiger partial charge in [-0.3, -0.25) is 4.79 Å². The largest absolute Gasteiger partial charge is 0.483 e. The van der Waals surface area contributed by atoms with Gasteiger partial charge in [-0.1, -0.05) is 37.7 Å². The van der Waals surface area contributed by atoms with E-state index in [-0.39, 0.29) is 24.4 Å². The quantitative estimate of drug-likeness (QED) is 0.253. The van der Waals surface area contributed by atoms with Crippen molar-refractivity contribution >= 4 is 40.0 Å². The van der Waals surface area contributed by atoms with E-state index in [4.69, 9.17) is 9.47 Å². The van der Waals surface area contributed by atoms with Gasteiger partial charge < -0.3 is 19.4 Å². The Morgan fingerprint density at radius 3 is 2.49 bits per heavy atom. The van der Waals surface area contributed by atoms with Crippen LogP contribution < -0.4 is 10.1 Å². The van der Waals surface area contributed by atoms with E-state index < -0.39 is 5.97 Å². The number of esters is 1. The number of nitrogens with one attached hydrogen (secondary N) is 1. The van der Waals surface area contributed by atoms with Crippen molar-refractivity contribution in [2.45, 2.75) is 65.3 Å². The number of ether oxygens (including phenoxy) is 2. The zero-order valence-electron chi connectivity index (χ0n) is 21.0. The summed E-state index contributed by atoms with van der Waals surface area (Å²) in [7, 11) is 0. The zero-order valence-corrected chi connectivity index (χ0v) is 22.6. The van der Waals surface area contributed by atoms with Crippen LogP contribution in [0.2, 0.25) is 0 Å². The number of anilines is 1. The van der Waals surface area contributed by atoms with E-state index in [1.807, 2.05) is 37.5 Å². The van der Waals surface area contributed by atoms with Crippen LogP contribution in [0, 0.1) is 6.92 Å². The molecular formula is C25H32N4O4S2. The van der Waals surface area contributed by atoms with Crippen molar-refractivity contribution < 1.29 is 19.1 Å². The first-order valence-corrected chi connectivity index (χ1v) is 13.4. The minimum absolute atomic E-state index is 0.128. The van der Waals surface area contributed by atoms with E-state index >= 15 is 0 Å². The number of hydrogen-bond donors (Lipinski definition) is 1. The number of aromatic nitrogens is 3. The topological polar surface area (TPSA) is 95.3 Å². The second-order valence-corrected chi connectivity index (χ2v) is 10.4. The molecule has 1 N–H and O–H groups in total. The molecule has 10 heteroatoms. The molecule has 0 aliphatic heterocycles. The van der Waals surface area contributed by atoms with Crippen molar-refractivity contribution in [1.82, 2.24) is 14.8 Å². The number of thioether (sulfide) groups is 1. The molecule has 2 aromatic heterocycles. The number of nitrogens with zero attached hydrogens (tertiary/aromatic N) is 3. The molecule has 188 valence electrons. The second-order valence-electron chi connectivity index (χ2n) is 8.23. The van der Waals surface area contributed by atoms with Crippen LogP contribution in [-0.2, 0) is 16.1 Å². The van der Waals surface area contributed by atoms with Crippen molar-refractivity contribution in [3.8, 4) is 5.75 Å². The average molecular weight is 517 g/mol. The smallest absolute Gasteiger partial charge is 0.341 e. The van der Waals surface area contributed by atoms with E-state index in [0.717, 1.165) is 10.6 Å². The first kappa shape index (κ1) is 26.7. The molecule has 1 unspecified atom stereocenters. The maximum absolute atomic E-state index is 12.6. The Hall–Kier alpha value is -2.85. The summed E-state index contributed by atoms with van der Waals surface area (Å²) in [6.07, 6.45) is -0.309. The van der Waals surface area contributed by atoms with Gasteiger partial charge in [0.15, 0.2) is 17.1 Å². The Labute approximate surface area is 214 Å². The highest BCUT2D eigenvalue weighted by molar-refractivity contribution is 7.99. The molecule has 0 radical (unpaired) electrons. The third-order valence-electron chi connectivity index (χ3n) is 5.22. The predicted octanol–water partition coefficient (Wildman–Crippen LogP) is 5.84. The van der Waals surface area contributed by atoms with Gasteiger partial charge in [0, 0.05) is 11.4 Å². The molecule has 1 amide bonds. The standard InChI is InChI=1S/C25H32N4O4S2/c1-7-29-22(17(6)33-19-11-9-18(10-12-19)15(3)4)27-28-25(29)34-14-21(30)26-23-20(13-16(5)35-23)24(31)32-8-2/h9-13,15,17H,7-8,14H2,1-6H3,(H,26,30). The predicted molar refractivity (Wildman–Crippen MR) is 140 cm³/mol.